The van der Waals surface area contributed by atoms with Crippen molar-refractivity contribution in [3.8, 4) is 0 Å². The number of amides is 3. The van der Waals surface area contributed by atoms with E-state index in [9.17, 15) is 19.2 Å². The zero-order chi connectivity index (χ0) is 24.8. The van der Waals surface area contributed by atoms with Crippen LogP contribution >= 0.6 is 0 Å². The molecule has 2 saturated heterocycles. The summed E-state index contributed by atoms with van der Waals surface area (Å²) in [5.74, 6) is -1.33. The molecule has 0 aromatic heterocycles. The quantitative estimate of drug-likeness (QED) is 0.539. The maximum absolute atomic E-state index is 14.0. The average molecular weight is 470 g/mol. The zero-order valence-corrected chi connectivity index (χ0v) is 20.0. The van der Waals surface area contributed by atoms with Gasteiger partial charge in [-0.2, -0.15) is 0 Å². The molecule has 1 aromatic rings. The van der Waals surface area contributed by atoms with Crippen molar-refractivity contribution in [2.45, 2.75) is 69.2 Å². The number of likely N-dealkylation sites (tertiary alicyclic amines) is 2. The maximum Gasteiger partial charge on any atom is 0.410 e. The molecule has 0 aliphatic carbocycles. The van der Waals surface area contributed by atoms with Gasteiger partial charge in [0, 0.05) is 12.2 Å². The lowest BCUT2D eigenvalue weighted by molar-refractivity contribution is -0.153. The Morgan fingerprint density at radius 2 is 1.91 bits per heavy atom. The van der Waals surface area contributed by atoms with E-state index < -0.39 is 47.1 Å². The van der Waals surface area contributed by atoms with Gasteiger partial charge < -0.3 is 19.7 Å². The number of carbonyl (C=O) groups excluding carboxylic acids is 4. The number of ether oxygens (including phenoxy) is 2. The number of anilines is 1. The molecule has 0 unspecified atom stereocenters. The molecule has 4 rings (SSSR count). The number of hydrogen-bond acceptors (Lipinski definition) is 6. The van der Waals surface area contributed by atoms with E-state index >= 15 is 0 Å². The van der Waals surface area contributed by atoms with Gasteiger partial charge in [-0.3, -0.25) is 14.5 Å². The highest BCUT2D eigenvalue weighted by molar-refractivity contribution is 6.09. The van der Waals surface area contributed by atoms with Crippen molar-refractivity contribution in [2.75, 3.05) is 19.0 Å². The summed E-state index contributed by atoms with van der Waals surface area (Å²) in [5.41, 5.74) is -0.533. The summed E-state index contributed by atoms with van der Waals surface area (Å²) in [6, 6.07) is 4.65. The Morgan fingerprint density at radius 1 is 1.21 bits per heavy atom. The number of methoxy groups -OCH3 is 1. The van der Waals surface area contributed by atoms with Crippen molar-refractivity contribution in [1.82, 2.24) is 9.80 Å². The molecule has 182 valence electrons. The van der Waals surface area contributed by atoms with E-state index in [0.29, 0.717) is 30.6 Å². The third kappa shape index (κ3) is 3.63. The van der Waals surface area contributed by atoms with Crippen LogP contribution in [0.5, 0.6) is 0 Å². The summed E-state index contributed by atoms with van der Waals surface area (Å²) in [6.07, 6.45) is 2.08. The number of esters is 1. The SMILES string of the molecule is C=C[C@@H]1N(C(=O)[C@@H]2CCCN2C(=O)OC(C)(C)C)[C@@H](C(=O)OC)C[C@@]12C(=O)Nc1ccccc12. The second kappa shape index (κ2) is 8.45. The predicted molar refractivity (Wildman–Crippen MR) is 124 cm³/mol. The largest absolute Gasteiger partial charge is 0.467 e. The van der Waals surface area contributed by atoms with Crippen LogP contribution in [0, 0.1) is 0 Å². The number of hydrogen-bond donors (Lipinski definition) is 1. The molecule has 4 atom stereocenters. The van der Waals surface area contributed by atoms with E-state index in [1.807, 2.05) is 18.2 Å². The Morgan fingerprint density at radius 3 is 2.56 bits per heavy atom. The predicted octanol–water partition coefficient (Wildman–Crippen LogP) is 2.60. The fourth-order valence-electron chi connectivity index (χ4n) is 5.46. The number of nitrogens with zero attached hydrogens (tertiary/aromatic N) is 2. The van der Waals surface area contributed by atoms with Gasteiger partial charge in [-0.25, -0.2) is 9.59 Å². The summed E-state index contributed by atoms with van der Waals surface area (Å²) in [4.78, 5) is 55.9. The summed E-state index contributed by atoms with van der Waals surface area (Å²) >= 11 is 0. The van der Waals surface area contributed by atoms with E-state index in [2.05, 4.69) is 11.9 Å². The fourth-order valence-corrected chi connectivity index (χ4v) is 5.46. The Kier molecular flexibility index (Phi) is 5.91. The van der Waals surface area contributed by atoms with E-state index in [4.69, 9.17) is 9.47 Å². The normalized spacial score (nSPS) is 28.0. The number of carbonyl (C=O) groups is 4. The van der Waals surface area contributed by atoms with Gasteiger partial charge in [0.2, 0.25) is 11.8 Å². The lowest BCUT2D eigenvalue weighted by Crippen LogP contribution is -2.55. The van der Waals surface area contributed by atoms with Gasteiger partial charge >= 0.3 is 12.1 Å². The Bertz CT molecular complexity index is 1050. The van der Waals surface area contributed by atoms with Crippen molar-refractivity contribution >= 4 is 29.6 Å². The molecule has 0 bridgehead atoms. The van der Waals surface area contributed by atoms with E-state index in [0.717, 1.165) is 0 Å². The first-order valence-electron chi connectivity index (χ1n) is 11.5. The highest BCUT2D eigenvalue weighted by Gasteiger charge is 2.63. The number of fused-ring (bicyclic) bond motifs is 2. The number of rotatable bonds is 3. The molecule has 9 nitrogen and oxygen atoms in total. The first-order valence-corrected chi connectivity index (χ1v) is 11.5. The third-order valence-electron chi connectivity index (χ3n) is 6.83. The second-order valence-corrected chi connectivity index (χ2v) is 9.97. The Hall–Kier alpha value is -3.36. The Balaban J connectivity index is 1.74. The lowest BCUT2D eigenvalue weighted by atomic mass is 9.74. The molecule has 9 heteroatoms. The van der Waals surface area contributed by atoms with Gasteiger partial charge in [0.25, 0.3) is 0 Å². The van der Waals surface area contributed by atoms with Gasteiger partial charge in [-0.1, -0.05) is 24.3 Å². The minimum Gasteiger partial charge on any atom is -0.467 e. The molecule has 34 heavy (non-hydrogen) atoms. The molecular formula is C25H31N3O6. The monoisotopic (exact) mass is 469 g/mol. The summed E-state index contributed by atoms with van der Waals surface area (Å²) in [5, 5.41) is 2.89. The van der Waals surface area contributed by atoms with Crippen LogP contribution in [0.25, 0.3) is 0 Å². The second-order valence-electron chi connectivity index (χ2n) is 9.97. The molecule has 1 aromatic carbocycles. The summed E-state index contributed by atoms with van der Waals surface area (Å²) < 4.78 is 10.5. The molecule has 3 aliphatic heterocycles. The van der Waals surface area contributed by atoms with Crippen LogP contribution in [0.2, 0.25) is 0 Å². The Labute approximate surface area is 199 Å². The minimum absolute atomic E-state index is 0.0596. The van der Waals surface area contributed by atoms with Gasteiger partial charge in [-0.05, 0) is 51.7 Å². The average Bonchev–Trinajstić information content (AvgIpc) is 3.47. The van der Waals surface area contributed by atoms with Gasteiger partial charge in [0.05, 0.1) is 13.2 Å². The van der Waals surface area contributed by atoms with E-state index in [1.54, 1.807) is 26.8 Å². The number of benzene rings is 1. The molecule has 3 heterocycles. The van der Waals surface area contributed by atoms with Crippen LogP contribution in [0.15, 0.2) is 36.9 Å². The topological polar surface area (TPSA) is 105 Å². The van der Waals surface area contributed by atoms with Crippen molar-refractivity contribution in [2.24, 2.45) is 0 Å². The summed E-state index contributed by atoms with van der Waals surface area (Å²) in [7, 11) is 1.25. The third-order valence-corrected chi connectivity index (χ3v) is 6.83. The highest BCUT2D eigenvalue weighted by Crippen LogP contribution is 2.51. The van der Waals surface area contributed by atoms with Crippen LogP contribution in [0.3, 0.4) is 0 Å². The van der Waals surface area contributed by atoms with Crippen LogP contribution < -0.4 is 5.32 Å². The first-order chi connectivity index (χ1) is 16.0. The van der Waals surface area contributed by atoms with Crippen molar-refractivity contribution in [1.29, 1.82) is 0 Å². The van der Waals surface area contributed by atoms with E-state index in [-0.39, 0.29) is 12.3 Å². The van der Waals surface area contributed by atoms with Crippen molar-refractivity contribution < 1.29 is 28.7 Å². The number of para-hydroxylation sites is 1. The zero-order valence-electron chi connectivity index (χ0n) is 20.0. The van der Waals surface area contributed by atoms with Crippen LogP contribution in [0.4, 0.5) is 10.5 Å². The van der Waals surface area contributed by atoms with Crippen molar-refractivity contribution in [3.63, 3.8) is 0 Å². The van der Waals surface area contributed by atoms with Crippen LogP contribution in [-0.2, 0) is 29.3 Å². The molecule has 2 fully saturated rings. The molecule has 3 amide bonds. The van der Waals surface area contributed by atoms with Crippen LogP contribution in [0.1, 0.15) is 45.6 Å². The highest BCUT2D eigenvalue weighted by atomic mass is 16.6. The first kappa shape index (κ1) is 23.8. The molecule has 0 saturated carbocycles. The standard InChI is InChI=1S/C25H31N3O6/c1-6-19-25(15-10-7-8-11-16(15)26-22(25)31)14-18(21(30)33-5)28(19)20(29)17-12-9-13-27(17)23(32)34-24(2,3)4/h6-8,10-11,17-19H,1,9,12-14H2,2-5H3,(H,26,31)/t17-,18+,19-,25-/m0/s1. The lowest BCUT2D eigenvalue weighted by Gasteiger charge is -2.36. The molecule has 1 spiro atoms. The minimum atomic E-state index is -1.18. The molecule has 3 aliphatic rings. The van der Waals surface area contributed by atoms with Crippen molar-refractivity contribution in [3.05, 3.63) is 42.5 Å². The maximum atomic E-state index is 14.0. The fraction of sp³-hybridized carbons (Fsp3) is 0.520. The molecular weight excluding hydrogens is 438 g/mol. The smallest absolute Gasteiger partial charge is 0.410 e. The van der Waals surface area contributed by atoms with Gasteiger partial charge in [0.15, 0.2) is 0 Å². The van der Waals surface area contributed by atoms with E-state index in [1.165, 1.54) is 23.0 Å². The van der Waals surface area contributed by atoms with Crippen LogP contribution in [-0.4, -0.2) is 71.1 Å². The van der Waals surface area contributed by atoms with Gasteiger partial charge in [-0.15, -0.1) is 6.58 Å². The van der Waals surface area contributed by atoms with Gasteiger partial charge in [0.1, 0.15) is 23.1 Å². The summed E-state index contributed by atoms with van der Waals surface area (Å²) in [6.45, 7) is 9.58. The number of nitrogens with one attached hydrogen (secondary N) is 1. The molecule has 1 N–H and O–H groups in total. The molecule has 0 radical (unpaired) electrons.